The van der Waals surface area contributed by atoms with E-state index in [1.54, 1.807) is 11.8 Å². The van der Waals surface area contributed by atoms with Crippen LogP contribution in [0.2, 0.25) is 0 Å². The molecule has 2 aromatic heterocycles. The standard InChI is InChI=1S/C25H42N7O16P3S/c1-4-5-9-52-10-8-27-16(33)6-7-28-23(36)20(35)25(2,3)12-45-51(42,43)48-50(40,41)44-11-15-19(47-49(37,38)39)18(34)24(46-15)32-14-31-17-21(26)29-13-30-22(17)32/h4-5,13-15,18-20,24,34-35H,6-12H2,1-3H3,(H,27,33)(H,28,36)(H,40,41)(H,42,43)(H2,26,29,30)(H2,37,38,39)/b5-4+/t15-,18-,19-,20?,24-/m1/s1. The van der Waals surface area contributed by atoms with Gasteiger partial charge >= 0.3 is 23.5 Å². The number of allylic oxidation sites excluding steroid dienone is 1. The average Bonchev–Trinajstić information content (AvgIpc) is 3.60. The second-order valence-corrected chi connectivity index (χ2v) is 17.1. The number of aromatic nitrogens is 4. The first-order valence-electron chi connectivity index (χ1n) is 15.2. The number of nitrogens with zero attached hydrogens (tertiary/aromatic N) is 4. The summed E-state index contributed by atoms with van der Waals surface area (Å²) in [6.45, 7) is 2.78. The number of thioether (sulfide) groups is 1. The molecule has 294 valence electrons. The van der Waals surface area contributed by atoms with Gasteiger partial charge in [-0.3, -0.25) is 27.7 Å². The van der Waals surface area contributed by atoms with Gasteiger partial charge in [0.25, 0.3) is 0 Å². The number of carbonyl (C=O) groups is 2. The molecule has 7 atom stereocenters. The van der Waals surface area contributed by atoms with E-state index in [9.17, 15) is 53.1 Å². The molecule has 0 radical (unpaired) electrons. The van der Waals surface area contributed by atoms with Crippen LogP contribution in [0.4, 0.5) is 5.82 Å². The summed E-state index contributed by atoms with van der Waals surface area (Å²) in [7, 11) is -16.3. The van der Waals surface area contributed by atoms with E-state index in [1.165, 1.54) is 13.8 Å². The van der Waals surface area contributed by atoms with E-state index < -0.39 is 78.6 Å². The fourth-order valence-electron chi connectivity index (χ4n) is 4.45. The molecule has 1 saturated heterocycles. The molecule has 2 aromatic rings. The summed E-state index contributed by atoms with van der Waals surface area (Å²) in [5.41, 5.74) is 4.31. The topological polar surface area (TPSA) is 347 Å². The molecule has 10 N–H and O–H groups in total. The molecule has 1 aliphatic heterocycles. The van der Waals surface area contributed by atoms with E-state index in [-0.39, 0.29) is 35.9 Å². The maximum absolute atomic E-state index is 12.6. The Labute approximate surface area is 301 Å². The third kappa shape index (κ3) is 13.2. The molecule has 3 heterocycles. The smallest absolute Gasteiger partial charge is 0.386 e. The summed E-state index contributed by atoms with van der Waals surface area (Å²) in [5, 5.41) is 26.4. The average molecular weight is 822 g/mol. The summed E-state index contributed by atoms with van der Waals surface area (Å²) in [5.74, 6) is 0.208. The number of nitrogens with two attached hydrogens (primary N) is 1. The summed E-state index contributed by atoms with van der Waals surface area (Å²) in [6, 6.07) is 0. The Morgan fingerprint density at radius 2 is 1.81 bits per heavy atom. The minimum atomic E-state index is -5.54. The van der Waals surface area contributed by atoms with Gasteiger partial charge in [-0.25, -0.2) is 28.6 Å². The summed E-state index contributed by atoms with van der Waals surface area (Å²) in [6.07, 6.45) is -2.82. The number of nitrogens with one attached hydrogen (secondary N) is 2. The predicted octanol–water partition coefficient (Wildman–Crippen LogP) is -0.286. The number of aliphatic hydroxyl groups excluding tert-OH is 2. The molecule has 1 aliphatic rings. The van der Waals surface area contributed by atoms with Gasteiger partial charge in [-0.2, -0.15) is 16.1 Å². The van der Waals surface area contributed by atoms with Crippen LogP contribution in [-0.2, 0) is 45.9 Å². The first-order chi connectivity index (χ1) is 24.2. The highest BCUT2D eigenvalue weighted by atomic mass is 32.2. The number of nitrogen functional groups attached to an aromatic ring is 1. The van der Waals surface area contributed by atoms with Crippen LogP contribution < -0.4 is 16.4 Å². The van der Waals surface area contributed by atoms with Crippen LogP contribution in [-0.4, -0.2) is 123 Å². The fourth-order valence-corrected chi connectivity index (χ4v) is 8.02. The Kier molecular flexibility index (Phi) is 15.9. The maximum atomic E-state index is 12.6. The molecule has 1 fully saturated rings. The Balaban J connectivity index is 1.53. The van der Waals surface area contributed by atoms with Crippen molar-refractivity contribution in [2.75, 3.05) is 43.5 Å². The number of phosphoric ester groups is 3. The van der Waals surface area contributed by atoms with E-state index in [0.29, 0.717) is 12.3 Å². The van der Waals surface area contributed by atoms with Crippen LogP contribution in [0.1, 0.15) is 33.4 Å². The third-order valence-electron chi connectivity index (χ3n) is 7.10. The molecule has 3 rings (SSSR count). The lowest BCUT2D eigenvalue weighted by Gasteiger charge is -2.30. The molecule has 0 aliphatic carbocycles. The molecule has 3 unspecified atom stereocenters. The number of carbonyl (C=O) groups excluding carboxylic acids is 2. The monoisotopic (exact) mass is 821 g/mol. The van der Waals surface area contributed by atoms with Crippen LogP contribution >= 0.6 is 35.2 Å². The Morgan fingerprint density at radius 3 is 2.48 bits per heavy atom. The van der Waals surface area contributed by atoms with Crippen LogP contribution in [0.25, 0.3) is 11.2 Å². The molecule has 0 aromatic carbocycles. The SMILES string of the molecule is C/C=C/CSCCNC(=O)CCNC(=O)C(O)C(C)(C)COP(=O)(O)OP(=O)(O)OC[C@H]1O[C@@H](n2cnc3c(N)ncnc32)[C@H](O)[C@@H]1OP(=O)(O)O. The van der Waals surface area contributed by atoms with Crippen molar-refractivity contribution in [2.45, 2.75) is 57.8 Å². The molecule has 52 heavy (non-hydrogen) atoms. The largest absolute Gasteiger partial charge is 0.481 e. The first-order valence-corrected chi connectivity index (χ1v) is 20.9. The fraction of sp³-hybridized carbons (Fsp3) is 0.640. The van der Waals surface area contributed by atoms with E-state index in [2.05, 4.69) is 34.4 Å². The van der Waals surface area contributed by atoms with Crippen LogP contribution in [0, 0.1) is 5.41 Å². The van der Waals surface area contributed by atoms with Crippen molar-refractivity contribution in [3.05, 3.63) is 24.8 Å². The maximum Gasteiger partial charge on any atom is 0.481 e. The van der Waals surface area contributed by atoms with Crippen molar-refractivity contribution in [1.29, 1.82) is 0 Å². The Hall–Kier alpha value is -2.37. The third-order valence-corrected chi connectivity index (χ3v) is 11.1. The lowest BCUT2D eigenvalue weighted by Crippen LogP contribution is -2.46. The number of phosphoric acid groups is 3. The highest BCUT2D eigenvalue weighted by Crippen LogP contribution is 2.61. The van der Waals surface area contributed by atoms with E-state index in [4.69, 9.17) is 19.5 Å². The number of hydrogen-bond acceptors (Lipinski definition) is 17. The van der Waals surface area contributed by atoms with Crippen LogP contribution in [0.5, 0.6) is 0 Å². The van der Waals surface area contributed by atoms with Crippen molar-refractivity contribution < 1.29 is 75.7 Å². The highest BCUT2D eigenvalue weighted by Gasteiger charge is 2.50. The molecular formula is C25H42N7O16P3S. The molecule has 23 nitrogen and oxygen atoms in total. The minimum absolute atomic E-state index is 0.0351. The van der Waals surface area contributed by atoms with Gasteiger partial charge in [-0.05, 0) is 6.92 Å². The van der Waals surface area contributed by atoms with Crippen molar-refractivity contribution in [3.8, 4) is 0 Å². The van der Waals surface area contributed by atoms with E-state index >= 15 is 0 Å². The van der Waals surface area contributed by atoms with Gasteiger partial charge in [-0.15, -0.1) is 0 Å². The second-order valence-electron chi connectivity index (χ2n) is 11.7. The second kappa shape index (κ2) is 18.8. The lowest BCUT2D eigenvalue weighted by atomic mass is 9.87. The number of amides is 2. The number of anilines is 1. The number of hydrogen-bond donors (Lipinski definition) is 9. The zero-order chi connectivity index (χ0) is 38.9. The first kappa shape index (κ1) is 44.0. The van der Waals surface area contributed by atoms with Crippen LogP contribution in [0.15, 0.2) is 24.8 Å². The van der Waals surface area contributed by atoms with E-state index in [0.717, 1.165) is 23.0 Å². The summed E-state index contributed by atoms with van der Waals surface area (Å²) >= 11 is 1.62. The van der Waals surface area contributed by atoms with Gasteiger partial charge in [0.2, 0.25) is 11.8 Å². The van der Waals surface area contributed by atoms with Crippen LogP contribution in [0.3, 0.4) is 0 Å². The van der Waals surface area contributed by atoms with Gasteiger partial charge in [0.15, 0.2) is 17.7 Å². The van der Waals surface area contributed by atoms with Gasteiger partial charge in [0.05, 0.1) is 19.5 Å². The minimum Gasteiger partial charge on any atom is -0.386 e. The number of rotatable bonds is 21. The molecule has 2 amide bonds. The quantitative estimate of drug-likeness (QED) is 0.0444. The molecule has 0 spiro atoms. The zero-order valence-electron chi connectivity index (χ0n) is 28.0. The summed E-state index contributed by atoms with van der Waals surface area (Å²) < 4.78 is 62.0. The molecule has 0 saturated carbocycles. The number of fused-ring (bicyclic) bond motifs is 1. The zero-order valence-corrected chi connectivity index (χ0v) is 31.5. The number of imidazole rings is 1. The number of ether oxygens (including phenoxy) is 1. The number of aliphatic hydroxyl groups is 2. The van der Waals surface area contributed by atoms with Gasteiger partial charge in [0, 0.05) is 36.4 Å². The predicted molar refractivity (Wildman–Crippen MR) is 182 cm³/mol. The normalized spacial score (nSPS) is 22.6. The van der Waals surface area contributed by atoms with Crippen molar-refractivity contribution in [2.24, 2.45) is 5.41 Å². The van der Waals surface area contributed by atoms with E-state index in [1.807, 2.05) is 19.1 Å². The van der Waals surface area contributed by atoms with Gasteiger partial charge < -0.3 is 50.9 Å². The van der Waals surface area contributed by atoms with Gasteiger partial charge in [0.1, 0.15) is 36.3 Å². The lowest BCUT2D eigenvalue weighted by molar-refractivity contribution is -0.137. The van der Waals surface area contributed by atoms with Crippen molar-refractivity contribution in [3.63, 3.8) is 0 Å². The molecular weight excluding hydrogens is 779 g/mol. The van der Waals surface area contributed by atoms with Crippen molar-refractivity contribution >= 4 is 64.0 Å². The van der Waals surface area contributed by atoms with Gasteiger partial charge in [-0.1, -0.05) is 26.0 Å². The van der Waals surface area contributed by atoms with Crippen molar-refractivity contribution in [1.82, 2.24) is 30.2 Å². The Morgan fingerprint density at radius 1 is 1.12 bits per heavy atom. The summed E-state index contributed by atoms with van der Waals surface area (Å²) in [4.78, 5) is 75.3. The molecule has 27 heteroatoms. The molecule has 0 bridgehead atoms. The Bertz CT molecular complexity index is 1710. The highest BCUT2D eigenvalue weighted by molar-refractivity contribution is 7.99.